The fraction of sp³-hybridized carbons (Fsp3) is 0.824. The van der Waals surface area contributed by atoms with Gasteiger partial charge < -0.3 is 0 Å². The van der Waals surface area contributed by atoms with E-state index in [9.17, 15) is 0 Å². The van der Waals surface area contributed by atoms with E-state index in [-0.39, 0.29) is 0 Å². The van der Waals surface area contributed by atoms with E-state index in [4.69, 9.17) is 5.26 Å². The Morgan fingerprint density at radius 2 is 1.50 bits per heavy atom. The largest absolute Gasteiger partial charge is 0.198 e. The molecular weight excluding hydrogens is 218 g/mol. The Balaban J connectivity index is 1.70. The number of hydrogen-bond acceptors (Lipinski definition) is 1. The van der Waals surface area contributed by atoms with Gasteiger partial charge in [-0.1, -0.05) is 18.9 Å². The highest BCUT2D eigenvalue weighted by atomic mass is 14.4. The van der Waals surface area contributed by atoms with Gasteiger partial charge in [-0.2, -0.15) is 5.26 Å². The lowest BCUT2D eigenvalue weighted by Crippen LogP contribution is -2.25. The molecule has 0 heterocycles. The van der Waals surface area contributed by atoms with Gasteiger partial charge in [0.2, 0.25) is 0 Å². The van der Waals surface area contributed by atoms with Gasteiger partial charge in [0.1, 0.15) is 0 Å². The molecule has 1 heteroatoms. The molecule has 100 valence electrons. The summed E-state index contributed by atoms with van der Waals surface area (Å²) in [5.41, 5.74) is 0. The fourth-order valence-corrected chi connectivity index (χ4v) is 4.02. The Labute approximate surface area is 112 Å². The second kappa shape index (κ2) is 6.98. The Kier molecular flexibility index (Phi) is 5.29. The average Bonchev–Trinajstić information content (AvgIpc) is 2.46. The van der Waals surface area contributed by atoms with E-state index >= 15 is 0 Å². The lowest BCUT2D eigenvalue weighted by molar-refractivity contribution is 0.154. The van der Waals surface area contributed by atoms with Crippen molar-refractivity contribution in [3.63, 3.8) is 0 Å². The third kappa shape index (κ3) is 3.61. The minimum absolute atomic E-state index is 0.366. The van der Waals surface area contributed by atoms with Gasteiger partial charge in [-0.25, -0.2) is 0 Å². The Hall–Kier alpha value is -0.770. The highest BCUT2D eigenvalue weighted by Gasteiger charge is 2.30. The van der Waals surface area contributed by atoms with Crippen molar-refractivity contribution in [3.05, 3.63) is 12.7 Å². The molecule has 0 aromatic carbocycles. The standard InChI is InChI=1S/C17H27N/c1-2-3-4-14-5-9-16(10-6-14)17-11-7-15(13-18)8-12-17/h2,14-17H,1,3-12H2/t14-,15?,16-,17?. The Morgan fingerprint density at radius 3 is 2.00 bits per heavy atom. The second-order valence-corrected chi connectivity index (χ2v) is 6.39. The van der Waals surface area contributed by atoms with Crippen LogP contribution in [0.2, 0.25) is 0 Å². The molecule has 0 amide bonds. The first kappa shape index (κ1) is 13.7. The summed E-state index contributed by atoms with van der Waals surface area (Å²) in [7, 11) is 0. The van der Waals surface area contributed by atoms with Crippen molar-refractivity contribution in [2.75, 3.05) is 0 Å². The zero-order valence-corrected chi connectivity index (χ0v) is 11.6. The first-order valence-electron chi connectivity index (χ1n) is 7.84. The Morgan fingerprint density at radius 1 is 0.944 bits per heavy atom. The minimum atomic E-state index is 0.366. The molecule has 0 atom stereocenters. The molecule has 0 saturated heterocycles. The molecule has 0 radical (unpaired) electrons. The monoisotopic (exact) mass is 245 g/mol. The second-order valence-electron chi connectivity index (χ2n) is 6.39. The molecule has 0 aliphatic heterocycles. The van der Waals surface area contributed by atoms with E-state index in [2.05, 4.69) is 18.7 Å². The SMILES string of the molecule is C=CCC[C@H]1CC[C@H](C2CCC(C#N)CC2)CC1. The summed E-state index contributed by atoms with van der Waals surface area (Å²) in [5.74, 6) is 3.25. The average molecular weight is 245 g/mol. The zero-order valence-electron chi connectivity index (χ0n) is 11.6. The number of hydrogen-bond donors (Lipinski definition) is 0. The van der Waals surface area contributed by atoms with Crippen LogP contribution in [0.3, 0.4) is 0 Å². The molecule has 0 unspecified atom stereocenters. The molecule has 1 nitrogen and oxygen atoms in total. The highest BCUT2D eigenvalue weighted by Crippen LogP contribution is 2.41. The third-order valence-corrected chi connectivity index (χ3v) is 5.29. The summed E-state index contributed by atoms with van der Waals surface area (Å²) in [4.78, 5) is 0. The molecule has 2 saturated carbocycles. The maximum Gasteiger partial charge on any atom is 0.0655 e. The quantitative estimate of drug-likeness (QED) is 0.633. The first-order valence-corrected chi connectivity index (χ1v) is 7.84. The van der Waals surface area contributed by atoms with Crippen molar-refractivity contribution < 1.29 is 0 Å². The minimum Gasteiger partial charge on any atom is -0.198 e. The van der Waals surface area contributed by atoms with Crippen LogP contribution in [0, 0.1) is 35.0 Å². The van der Waals surface area contributed by atoms with Crippen LogP contribution in [-0.2, 0) is 0 Å². The molecule has 0 N–H and O–H groups in total. The molecule has 2 aliphatic rings. The van der Waals surface area contributed by atoms with Gasteiger partial charge in [-0.05, 0) is 69.1 Å². The number of rotatable bonds is 4. The molecule has 0 spiro atoms. The molecule has 0 bridgehead atoms. The van der Waals surface area contributed by atoms with E-state index in [0.717, 1.165) is 30.6 Å². The summed E-state index contributed by atoms with van der Waals surface area (Å²) in [6.07, 6.45) is 15.4. The van der Waals surface area contributed by atoms with Crippen LogP contribution in [0.4, 0.5) is 0 Å². The van der Waals surface area contributed by atoms with Crippen LogP contribution >= 0.6 is 0 Å². The van der Waals surface area contributed by atoms with E-state index in [1.807, 2.05) is 0 Å². The summed E-state index contributed by atoms with van der Waals surface area (Å²) < 4.78 is 0. The first-order chi connectivity index (χ1) is 8.83. The summed E-state index contributed by atoms with van der Waals surface area (Å²) in [6.45, 7) is 3.82. The maximum absolute atomic E-state index is 8.95. The molecule has 18 heavy (non-hydrogen) atoms. The third-order valence-electron chi connectivity index (χ3n) is 5.29. The van der Waals surface area contributed by atoms with Gasteiger partial charge in [0.15, 0.2) is 0 Å². The number of allylic oxidation sites excluding steroid dienone is 1. The lowest BCUT2D eigenvalue weighted by Gasteiger charge is -2.36. The molecule has 2 aliphatic carbocycles. The topological polar surface area (TPSA) is 23.8 Å². The van der Waals surface area contributed by atoms with Crippen LogP contribution in [0.15, 0.2) is 12.7 Å². The molecule has 2 rings (SSSR count). The van der Waals surface area contributed by atoms with Crippen molar-refractivity contribution in [1.29, 1.82) is 5.26 Å². The van der Waals surface area contributed by atoms with Crippen molar-refractivity contribution in [2.45, 2.75) is 64.2 Å². The van der Waals surface area contributed by atoms with Crippen molar-refractivity contribution >= 4 is 0 Å². The smallest absolute Gasteiger partial charge is 0.0655 e. The molecular formula is C17H27N. The van der Waals surface area contributed by atoms with E-state index in [0.29, 0.717) is 5.92 Å². The summed E-state index contributed by atoms with van der Waals surface area (Å²) in [6, 6.07) is 2.45. The normalized spacial score (nSPS) is 36.8. The maximum atomic E-state index is 8.95. The van der Waals surface area contributed by atoms with Crippen LogP contribution in [0.1, 0.15) is 64.2 Å². The van der Waals surface area contributed by atoms with Gasteiger partial charge in [-0.15, -0.1) is 6.58 Å². The van der Waals surface area contributed by atoms with E-state index < -0.39 is 0 Å². The van der Waals surface area contributed by atoms with E-state index in [1.165, 1.54) is 51.4 Å². The van der Waals surface area contributed by atoms with Gasteiger partial charge in [0.25, 0.3) is 0 Å². The van der Waals surface area contributed by atoms with Crippen molar-refractivity contribution in [2.24, 2.45) is 23.7 Å². The molecule has 0 aromatic rings. The predicted octanol–water partition coefficient (Wildman–Crippen LogP) is 5.09. The van der Waals surface area contributed by atoms with Gasteiger partial charge >= 0.3 is 0 Å². The predicted molar refractivity (Wildman–Crippen MR) is 75.9 cm³/mol. The van der Waals surface area contributed by atoms with Crippen LogP contribution in [0.5, 0.6) is 0 Å². The van der Waals surface area contributed by atoms with Crippen LogP contribution in [0.25, 0.3) is 0 Å². The van der Waals surface area contributed by atoms with Crippen LogP contribution in [-0.4, -0.2) is 0 Å². The van der Waals surface area contributed by atoms with Gasteiger partial charge in [0, 0.05) is 5.92 Å². The summed E-state index contributed by atoms with van der Waals surface area (Å²) >= 11 is 0. The Bertz CT molecular complexity index is 285. The molecule has 2 fully saturated rings. The van der Waals surface area contributed by atoms with Gasteiger partial charge in [-0.3, -0.25) is 0 Å². The van der Waals surface area contributed by atoms with Crippen LogP contribution < -0.4 is 0 Å². The lowest BCUT2D eigenvalue weighted by atomic mass is 9.69. The van der Waals surface area contributed by atoms with Crippen molar-refractivity contribution in [1.82, 2.24) is 0 Å². The molecule has 0 aromatic heterocycles. The fourth-order valence-electron chi connectivity index (χ4n) is 4.02. The van der Waals surface area contributed by atoms with E-state index in [1.54, 1.807) is 0 Å². The summed E-state index contributed by atoms with van der Waals surface area (Å²) in [5, 5.41) is 8.95. The van der Waals surface area contributed by atoms with Gasteiger partial charge in [0.05, 0.1) is 6.07 Å². The number of nitrogens with zero attached hydrogens (tertiary/aromatic N) is 1. The zero-order chi connectivity index (χ0) is 12.8. The van der Waals surface area contributed by atoms with Crippen molar-refractivity contribution in [3.8, 4) is 6.07 Å². The highest BCUT2D eigenvalue weighted by molar-refractivity contribution is 4.89. The number of nitriles is 1.